The zero-order valence-corrected chi connectivity index (χ0v) is 10.6. The molecule has 88 valence electrons. The van der Waals surface area contributed by atoms with Crippen LogP contribution in [0.5, 0.6) is 5.75 Å². The number of nitrogens with one attached hydrogen (secondary N) is 1. The Balaban J connectivity index is 2.08. The molecule has 1 fully saturated rings. The van der Waals surface area contributed by atoms with Crippen molar-refractivity contribution in [2.75, 3.05) is 13.1 Å². The van der Waals surface area contributed by atoms with Gasteiger partial charge in [-0.25, -0.2) is 0 Å². The van der Waals surface area contributed by atoms with Gasteiger partial charge in [0.05, 0.1) is 0 Å². The molecule has 0 amide bonds. The van der Waals surface area contributed by atoms with E-state index < -0.39 is 0 Å². The Kier molecular flexibility index (Phi) is 2.70. The van der Waals surface area contributed by atoms with Gasteiger partial charge in [-0.15, -0.1) is 0 Å². The quantitative estimate of drug-likeness (QED) is 0.825. The van der Waals surface area contributed by atoms with Gasteiger partial charge in [-0.2, -0.15) is 0 Å². The lowest BCUT2D eigenvalue weighted by Gasteiger charge is -2.39. The number of benzene rings is 1. The van der Waals surface area contributed by atoms with E-state index in [4.69, 9.17) is 4.74 Å². The fraction of sp³-hybridized carbons (Fsp3) is 0.571. The SMILES string of the molecule is CC1(Oc2ccc(C(C)(C)C)cc2)CNC1. The van der Waals surface area contributed by atoms with Gasteiger partial charge in [-0.05, 0) is 30.0 Å². The third-order valence-electron chi connectivity index (χ3n) is 3.08. The molecule has 0 bridgehead atoms. The van der Waals surface area contributed by atoms with Crippen molar-refractivity contribution >= 4 is 0 Å². The van der Waals surface area contributed by atoms with E-state index in [1.54, 1.807) is 0 Å². The second-order valence-corrected chi connectivity index (χ2v) is 5.93. The molecule has 0 spiro atoms. The highest BCUT2D eigenvalue weighted by Crippen LogP contribution is 2.26. The summed E-state index contributed by atoms with van der Waals surface area (Å²) in [5.74, 6) is 0.969. The maximum atomic E-state index is 5.94. The van der Waals surface area contributed by atoms with Crippen LogP contribution in [0.1, 0.15) is 33.3 Å². The Labute approximate surface area is 98.0 Å². The van der Waals surface area contributed by atoms with Crippen molar-refractivity contribution in [3.8, 4) is 5.75 Å². The van der Waals surface area contributed by atoms with E-state index in [2.05, 4.69) is 57.3 Å². The van der Waals surface area contributed by atoms with Gasteiger partial charge in [0, 0.05) is 13.1 Å². The Bertz CT molecular complexity index is 357. The highest BCUT2D eigenvalue weighted by atomic mass is 16.5. The molecule has 1 heterocycles. The minimum absolute atomic E-state index is 0.0107. The van der Waals surface area contributed by atoms with Crippen molar-refractivity contribution in [3.63, 3.8) is 0 Å². The minimum atomic E-state index is -0.0107. The molecule has 0 atom stereocenters. The van der Waals surface area contributed by atoms with Crippen LogP contribution in [0.25, 0.3) is 0 Å². The molecule has 0 aromatic heterocycles. The Morgan fingerprint density at radius 1 is 1.12 bits per heavy atom. The zero-order chi connectivity index (χ0) is 11.8. The van der Waals surface area contributed by atoms with E-state index in [1.807, 2.05) is 0 Å². The number of ether oxygens (including phenoxy) is 1. The van der Waals surface area contributed by atoms with Crippen molar-refractivity contribution < 1.29 is 4.74 Å². The molecule has 0 aliphatic carbocycles. The van der Waals surface area contributed by atoms with E-state index in [0.717, 1.165) is 18.8 Å². The van der Waals surface area contributed by atoms with Gasteiger partial charge in [0.15, 0.2) is 0 Å². The Morgan fingerprint density at radius 2 is 1.69 bits per heavy atom. The molecule has 2 rings (SSSR count). The molecule has 0 unspecified atom stereocenters. The maximum absolute atomic E-state index is 5.94. The third-order valence-corrected chi connectivity index (χ3v) is 3.08. The summed E-state index contributed by atoms with van der Waals surface area (Å²) in [6.45, 7) is 10.7. The molecule has 1 aromatic carbocycles. The molecule has 0 radical (unpaired) electrons. The summed E-state index contributed by atoms with van der Waals surface area (Å²) in [5, 5.41) is 3.23. The van der Waals surface area contributed by atoms with Crippen LogP contribution < -0.4 is 10.1 Å². The molecule has 1 N–H and O–H groups in total. The summed E-state index contributed by atoms with van der Waals surface area (Å²) in [6, 6.07) is 8.46. The van der Waals surface area contributed by atoms with Gasteiger partial charge >= 0.3 is 0 Å². The molecule has 1 aliphatic rings. The Hall–Kier alpha value is -1.02. The highest BCUT2D eigenvalue weighted by Gasteiger charge is 2.33. The summed E-state index contributed by atoms with van der Waals surface area (Å²) in [4.78, 5) is 0. The first-order chi connectivity index (χ1) is 7.39. The minimum Gasteiger partial charge on any atom is -0.485 e. The average Bonchev–Trinajstić information content (AvgIpc) is 2.15. The van der Waals surface area contributed by atoms with Crippen molar-refractivity contribution in [2.24, 2.45) is 0 Å². The van der Waals surface area contributed by atoms with Gasteiger partial charge < -0.3 is 10.1 Å². The molecule has 2 heteroatoms. The molecular formula is C14H21NO. The van der Waals surface area contributed by atoms with Crippen LogP contribution in [0.2, 0.25) is 0 Å². The van der Waals surface area contributed by atoms with Crippen molar-refractivity contribution in [1.29, 1.82) is 0 Å². The topological polar surface area (TPSA) is 21.3 Å². The molecular weight excluding hydrogens is 198 g/mol. The van der Waals surface area contributed by atoms with E-state index in [0.29, 0.717) is 0 Å². The normalized spacial score (nSPS) is 19.0. The van der Waals surface area contributed by atoms with E-state index in [1.165, 1.54) is 5.56 Å². The van der Waals surface area contributed by atoms with Gasteiger partial charge in [-0.1, -0.05) is 32.9 Å². The number of hydrogen-bond donors (Lipinski definition) is 1. The summed E-state index contributed by atoms with van der Waals surface area (Å²) in [7, 11) is 0. The van der Waals surface area contributed by atoms with Crippen LogP contribution in [-0.2, 0) is 5.41 Å². The fourth-order valence-electron chi connectivity index (χ4n) is 1.86. The van der Waals surface area contributed by atoms with Crippen LogP contribution in [0, 0.1) is 0 Å². The summed E-state index contributed by atoms with van der Waals surface area (Å²) in [6.07, 6.45) is 0. The standard InChI is InChI=1S/C14H21NO/c1-13(2,3)11-5-7-12(8-6-11)16-14(4)9-15-10-14/h5-8,15H,9-10H2,1-4H3. The molecule has 1 aromatic rings. The number of rotatable bonds is 2. The average molecular weight is 219 g/mol. The van der Waals surface area contributed by atoms with Gasteiger partial charge in [-0.3, -0.25) is 0 Å². The monoisotopic (exact) mass is 219 g/mol. The second kappa shape index (κ2) is 3.77. The van der Waals surface area contributed by atoms with Crippen LogP contribution in [0.15, 0.2) is 24.3 Å². The predicted molar refractivity (Wildman–Crippen MR) is 67.0 cm³/mol. The van der Waals surface area contributed by atoms with Crippen molar-refractivity contribution in [1.82, 2.24) is 5.32 Å². The van der Waals surface area contributed by atoms with Crippen molar-refractivity contribution in [2.45, 2.75) is 38.7 Å². The zero-order valence-electron chi connectivity index (χ0n) is 10.6. The Morgan fingerprint density at radius 3 is 2.06 bits per heavy atom. The second-order valence-electron chi connectivity index (χ2n) is 5.93. The molecule has 2 nitrogen and oxygen atoms in total. The molecule has 1 saturated heterocycles. The lowest BCUT2D eigenvalue weighted by atomic mass is 9.87. The third kappa shape index (κ3) is 2.38. The van der Waals surface area contributed by atoms with E-state index >= 15 is 0 Å². The van der Waals surface area contributed by atoms with Crippen LogP contribution in [0.4, 0.5) is 0 Å². The maximum Gasteiger partial charge on any atom is 0.131 e. The van der Waals surface area contributed by atoms with Crippen molar-refractivity contribution in [3.05, 3.63) is 29.8 Å². The fourth-order valence-corrected chi connectivity index (χ4v) is 1.86. The lowest BCUT2D eigenvalue weighted by molar-refractivity contribution is 0.0348. The summed E-state index contributed by atoms with van der Waals surface area (Å²) in [5.41, 5.74) is 1.54. The van der Waals surface area contributed by atoms with Gasteiger partial charge in [0.25, 0.3) is 0 Å². The van der Waals surface area contributed by atoms with Crippen LogP contribution in [0.3, 0.4) is 0 Å². The lowest BCUT2D eigenvalue weighted by Crippen LogP contribution is -2.61. The molecule has 0 saturated carbocycles. The van der Waals surface area contributed by atoms with Crippen LogP contribution >= 0.6 is 0 Å². The summed E-state index contributed by atoms with van der Waals surface area (Å²) < 4.78 is 5.94. The van der Waals surface area contributed by atoms with Gasteiger partial charge in [0.2, 0.25) is 0 Å². The predicted octanol–water partition coefficient (Wildman–Crippen LogP) is 2.72. The number of hydrogen-bond acceptors (Lipinski definition) is 2. The molecule has 16 heavy (non-hydrogen) atoms. The molecule has 1 aliphatic heterocycles. The van der Waals surface area contributed by atoms with Crippen LogP contribution in [-0.4, -0.2) is 18.7 Å². The van der Waals surface area contributed by atoms with E-state index in [9.17, 15) is 0 Å². The smallest absolute Gasteiger partial charge is 0.131 e. The summed E-state index contributed by atoms with van der Waals surface area (Å²) >= 11 is 0. The first-order valence-electron chi connectivity index (χ1n) is 5.89. The largest absolute Gasteiger partial charge is 0.485 e. The first kappa shape index (κ1) is 11.5. The van der Waals surface area contributed by atoms with Gasteiger partial charge in [0.1, 0.15) is 11.4 Å². The first-order valence-corrected chi connectivity index (χ1v) is 5.89. The van der Waals surface area contributed by atoms with E-state index in [-0.39, 0.29) is 11.0 Å². The highest BCUT2D eigenvalue weighted by molar-refractivity contribution is 5.31.